The van der Waals surface area contributed by atoms with Gasteiger partial charge in [-0.2, -0.15) is 5.26 Å². The molecule has 0 aromatic heterocycles. The maximum Gasteiger partial charge on any atom is 0.313 e. The monoisotopic (exact) mass is 362 g/mol. The Labute approximate surface area is 115 Å². The highest BCUT2D eigenvalue weighted by molar-refractivity contribution is 14.1. The molecule has 0 heterocycles. The van der Waals surface area contributed by atoms with Gasteiger partial charge in [-0.3, -0.25) is 14.9 Å². The van der Waals surface area contributed by atoms with E-state index >= 15 is 0 Å². The van der Waals surface area contributed by atoms with Gasteiger partial charge in [-0.25, -0.2) is 0 Å². The SMILES string of the molecule is N#Cc1cc(I)c(OCCC(=O)O)c([N+](=O)[O-])c1. The fourth-order valence-corrected chi connectivity index (χ4v) is 1.93. The number of benzene rings is 1. The molecular formula is C10H7IN2O5. The third-order valence-electron chi connectivity index (χ3n) is 1.91. The Bertz CT molecular complexity index is 538. The van der Waals surface area contributed by atoms with Crippen molar-refractivity contribution in [2.75, 3.05) is 6.61 Å². The minimum absolute atomic E-state index is 0.0131. The van der Waals surface area contributed by atoms with Gasteiger partial charge in [-0.05, 0) is 28.7 Å². The van der Waals surface area contributed by atoms with Gasteiger partial charge in [0.25, 0.3) is 0 Å². The molecule has 1 aromatic carbocycles. The number of aliphatic carboxylic acids is 1. The lowest BCUT2D eigenvalue weighted by atomic mass is 10.2. The van der Waals surface area contributed by atoms with Gasteiger partial charge in [0.15, 0.2) is 0 Å². The Morgan fingerprint density at radius 3 is 2.78 bits per heavy atom. The molecule has 0 unspecified atom stereocenters. The first-order valence-electron chi connectivity index (χ1n) is 4.68. The molecule has 0 spiro atoms. The number of nitriles is 1. The van der Waals surface area contributed by atoms with Crippen molar-refractivity contribution < 1.29 is 19.6 Å². The zero-order valence-electron chi connectivity index (χ0n) is 8.92. The number of nitro groups is 1. The molecule has 0 bridgehead atoms. The van der Waals surface area contributed by atoms with E-state index in [-0.39, 0.29) is 30.0 Å². The molecule has 0 saturated heterocycles. The van der Waals surface area contributed by atoms with Crippen molar-refractivity contribution in [3.63, 3.8) is 0 Å². The number of carbonyl (C=O) groups is 1. The fraction of sp³-hybridized carbons (Fsp3) is 0.200. The van der Waals surface area contributed by atoms with Crippen molar-refractivity contribution in [3.05, 3.63) is 31.4 Å². The van der Waals surface area contributed by atoms with Crippen molar-refractivity contribution >= 4 is 34.2 Å². The van der Waals surface area contributed by atoms with Crippen LogP contribution in [0.3, 0.4) is 0 Å². The second kappa shape index (κ2) is 6.15. The van der Waals surface area contributed by atoms with Crippen LogP contribution in [-0.4, -0.2) is 22.6 Å². The molecule has 8 heteroatoms. The Kier molecular flexibility index (Phi) is 4.85. The quantitative estimate of drug-likeness (QED) is 0.486. The molecule has 1 aromatic rings. The van der Waals surface area contributed by atoms with E-state index in [1.54, 1.807) is 28.7 Å². The summed E-state index contributed by atoms with van der Waals surface area (Å²) >= 11 is 1.80. The summed E-state index contributed by atoms with van der Waals surface area (Å²) in [6.45, 7) is -0.169. The second-order valence-electron chi connectivity index (χ2n) is 3.17. The smallest absolute Gasteiger partial charge is 0.313 e. The topological polar surface area (TPSA) is 113 Å². The molecule has 0 fully saturated rings. The van der Waals surface area contributed by atoms with E-state index in [2.05, 4.69) is 0 Å². The van der Waals surface area contributed by atoms with E-state index in [0.29, 0.717) is 3.57 Å². The third kappa shape index (κ3) is 3.56. The number of rotatable bonds is 5. The van der Waals surface area contributed by atoms with Gasteiger partial charge in [0.05, 0.1) is 33.2 Å². The van der Waals surface area contributed by atoms with Crippen LogP contribution in [0.15, 0.2) is 12.1 Å². The summed E-state index contributed by atoms with van der Waals surface area (Å²) in [7, 11) is 0. The lowest BCUT2D eigenvalue weighted by Gasteiger charge is -2.07. The van der Waals surface area contributed by atoms with Crippen molar-refractivity contribution in [1.29, 1.82) is 5.26 Å². The lowest BCUT2D eigenvalue weighted by Crippen LogP contribution is -2.07. The largest absolute Gasteiger partial charge is 0.485 e. The highest BCUT2D eigenvalue weighted by atomic mass is 127. The molecule has 0 saturated carbocycles. The van der Waals surface area contributed by atoms with Crippen LogP contribution < -0.4 is 4.74 Å². The molecule has 0 aliphatic rings. The van der Waals surface area contributed by atoms with Crippen LogP contribution in [0.5, 0.6) is 5.75 Å². The first-order valence-corrected chi connectivity index (χ1v) is 5.76. The average Bonchev–Trinajstić information content (AvgIpc) is 2.29. The third-order valence-corrected chi connectivity index (χ3v) is 2.71. The van der Waals surface area contributed by atoms with Gasteiger partial charge < -0.3 is 9.84 Å². The van der Waals surface area contributed by atoms with Crippen LogP contribution in [0.4, 0.5) is 5.69 Å². The summed E-state index contributed by atoms with van der Waals surface area (Å²) < 4.78 is 5.49. The maximum atomic E-state index is 10.8. The molecule has 94 valence electrons. The van der Waals surface area contributed by atoms with Gasteiger partial charge in [0, 0.05) is 6.07 Å². The fourth-order valence-electron chi connectivity index (χ4n) is 1.16. The van der Waals surface area contributed by atoms with Gasteiger partial charge in [-0.1, -0.05) is 0 Å². The molecule has 0 amide bonds. The number of carboxylic acid groups (broad SMARTS) is 1. The maximum absolute atomic E-state index is 10.8. The van der Waals surface area contributed by atoms with Gasteiger partial charge in [-0.15, -0.1) is 0 Å². The molecule has 0 aliphatic heterocycles. The van der Waals surface area contributed by atoms with Crippen LogP contribution in [0.1, 0.15) is 12.0 Å². The van der Waals surface area contributed by atoms with Gasteiger partial charge in [0.2, 0.25) is 5.75 Å². The van der Waals surface area contributed by atoms with Gasteiger partial charge >= 0.3 is 11.7 Å². The number of hydrogen-bond acceptors (Lipinski definition) is 5. The Morgan fingerprint density at radius 1 is 1.61 bits per heavy atom. The number of ether oxygens (including phenoxy) is 1. The summed E-state index contributed by atoms with van der Waals surface area (Å²) in [6, 6.07) is 4.34. The Morgan fingerprint density at radius 2 is 2.28 bits per heavy atom. The summed E-state index contributed by atoms with van der Waals surface area (Å²) in [5.74, 6) is -1.07. The molecule has 1 rings (SSSR count). The summed E-state index contributed by atoms with van der Waals surface area (Å²) in [5.41, 5.74) is -0.194. The number of hydrogen-bond donors (Lipinski definition) is 1. The van der Waals surface area contributed by atoms with E-state index in [4.69, 9.17) is 15.1 Å². The van der Waals surface area contributed by atoms with Crippen LogP contribution >= 0.6 is 22.6 Å². The minimum Gasteiger partial charge on any atom is -0.485 e. The lowest BCUT2D eigenvalue weighted by molar-refractivity contribution is -0.386. The Balaban J connectivity index is 3.06. The summed E-state index contributed by atoms with van der Waals surface area (Å²) in [6.07, 6.45) is -0.257. The van der Waals surface area contributed by atoms with Crippen LogP contribution in [0.2, 0.25) is 0 Å². The van der Waals surface area contributed by atoms with E-state index in [9.17, 15) is 14.9 Å². The second-order valence-corrected chi connectivity index (χ2v) is 4.33. The zero-order chi connectivity index (χ0) is 13.7. The number of nitrogens with zero attached hydrogens (tertiary/aromatic N) is 2. The van der Waals surface area contributed by atoms with Crippen molar-refractivity contribution in [2.45, 2.75) is 6.42 Å². The predicted molar refractivity (Wildman–Crippen MR) is 68.3 cm³/mol. The Hall–Kier alpha value is -1.89. The predicted octanol–water partition coefficient (Wildman–Crippen LogP) is 1.92. The minimum atomic E-state index is -1.05. The molecule has 0 radical (unpaired) electrons. The van der Waals surface area contributed by atoms with Crippen molar-refractivity contribution in [3.8, 4) is 11.8 Å². The molecule has 18 heavy (non-hydrogen) atoms. The average molecular weight is 362 g/mol. The number of nitro benzene ring substituents is 1. The molecule has 0 atom stereocenters. The van der Waals surface area contributed by atoms with Crippen LogP contribution in [0.25, 0.3) is 0 Å². The molecular weight excluding hydrogens is 355 g/mol. The first kappa shape index (κ1) is 14.2. The standard InChI is InChI=1S/C10H7IN2O5/c11-7-3-6(5-12)4-8(13(16)17)10(7)18-2-1-9(14)15/h3-4H,1-2H2,(H,14,15). The molecule has 7 nitrogen and oxygen atoms in total. The van der Waals surface area contributed by atoms with Crippen molar-refractivity contribution in [2.24, 2.45) is 0 Å². The van der Waals surface area contributed by atoms with E-state index in [1.165, 1.54) is 6.07 Å². The van der Waals surface area contributed by atoms with E-state index < -0.39 is 10.9 Å². The summed E-state index contributed by atoms with van der Waals surface area (Å²) in [5, 5.41) is 28.0. The number of halogens is 1. The van der Waals surface area contributed by atoms with E-state index in [1.807, 2.05) is 0 Å². The summed E-state index contributed by atoms with van der Waals surface area (Å²) in [4.78, 5) is 20.5. The normalized spacial score (nSPS) is 9.56. The highest BCUT2D eigenvalue weighted by Gasteiger charge is 2.20. The van der Waals surface area contributed by atoms with Gasteiger partial charge in [0.1, 0.15) is 0 Å². The molecule has 1 N–H and O–H groups in total. The van der Waals surface area contributed by atoms with Crippen LogP contribution in [-0.2, 0) is 4.79 Å². The van der Waals surface area contributed by atoms with Crippen molar-refractivity contribution in [1.82, 2.24) is 0 Å². The van der Waals surface area contributed by atoms with E-state index in [0.717, 1.165) is 6.07 Å². The van der Waals surface area contributed by atoms with Crippen LogP contribution in [0, 0.1) is 25.0 Å². The highest BCUT2D eigenvalue weighted by Crippen LogP contribution is 2.33. The number of carboxylic acids is 1. The first-order chi connectivity index (χ1) is 8.45. The zero-order valence-corrected chi connectivity index (χ0v) is 11.1. The molecule has 0 aliphatic carbocycles.